The number of nitrogens with one attached hydrogen (secondary N) is 1. The summed E-state index contributed by atoms with van der Waals surface area (Å²) in [5, 5.41) is 12.4. The molecule has 0 saturated heterocycles. The predicted molar refractivity (Wildman–Crippen MR) is 94.5 cm³/mol. The molecule has 2 rings (SSSR count). The second-order valence-electron chi connectivity index (χ2n) is 5.51. The number of ether oxygens (including phenoxy) is 2. The largest absolute Gasteiger partial charge is 0.493 e. The number of hydrogen-bond acceptors (Lipinski definition) is 4. The van der Waals surface area contributed by atoms with Gasteiger partial charge in [0.15, 0.2) is 11.5 Å². The molecular weight excluding hydrogens is 330 g/mol. The third-order valence-electron chi connectivity index (χ3n) is 3.29. The van der Waals surface area contributed by atoms with Crippen LogP contribution in [-0.4, -0.2) is 24.3 Å². The van der Waals surface area contributed by atoms with E-state index in [9.17, 15) is 4.79 Å². The molecular formula is C18H20ClNO4. The van der Waals surface area contributed by atoms with Crippen LogP contribution in [-0.2, 0) is 6.54 Å². The number of carboxylic acids is 1. The smallest absolute Gasteiger partial charge is 0.337 e. The van der Waals surface area contributed by atoms with Gasteiger partial charge in [0.2, 0.25) is 0 Å². The van der Waals surface area contributed by atoms with Crippen LogP contribution in [0.2, 0.25) is 5.02 Å². The topological polar surface area (TPSA) is 67.8 Å². The highest BCUT2D eigenvalue weighted by Crippen LogP contribution is 2.29. The van der Waals surface area contributed by atoms with Crippen molar-refractivity contribution < 1.29 is 19.4 Å². The van der Waals surface area contributed by atoms with Crippen LogP contribution >= 0.6 is 11.6 Å². The Morgan fingerprint density at radius 2 is 1.96 bits per heavy atom. The van der Waals surface area contributed by atoms with E-state index in [0.717, 1.165) is 11.3 Å². The highest BCUT2D eigenvalue weighted by atomic mass is 35.5. The summed E-state index contributed by atoms with van der Waals surface area (Å²) >= 11 is 5.97. The second-order valence-corrected chi connectivity index (χ2v) is 5.91. The van der Waals surface area contributed by atoms with E-state index in [1.165, 1.54) is 6.07 Å². The zero-order valence-electron chi connectivity index (χ0n) is 13.8. The molecule has 0 aromatic heterocycles. The lowest BCUT2D eigenvalue weighted by Gasteiger charge is -2.15. The quantitative estimate of drug-likeness (QED) is 0.773. The van der Waals surface area contributed by atoms with Gasteiger partial charge in [-0.2, -0.15) is 0 Å². The Kier molecular flexibility index (Phi) is 5.93. The van der Waals surface area contributed by atoms with Crippen molar-refractivity contribution in [3.8, 4) is 11.5 Å². The summed E-state index contributed by atoms with van der Waals surface area (Å²) in [6, 6.07) is 10.5. The predicted octanol–water partition coefficient (Wildman–Crippen LogP) is 4.45. The van der Waals surface area contributed by atoms with Crippen LogP contribution in [0.15, 0.2) is 36.4 Å². The zero-order chi connectivity index (χ0) is 17.7. The molecule has 0 aliphatic carbocycles. The number of halogens is 1. The van der Waals surface area contributed by atoms with Gasteiger partial charge in [0.1, 0.15) is 0 Å². The summed E-state index contributed by atoms with van der Waals surface area (Å²) in [5.74, 6) is 0.324. The maximum atomic E-state index is 11.0. The fourth-order valence-electron chi connectivity index (χ4n) is 2.18. The second kappa shape index (κ2) is 7.93. The van der Waals surface area contributed by atoms with Crippen molar-refractivity contribution in [1.29, 1.82) is 0 Å². The molecule has 2 N–H and O–H groups in total. The van der Waals surface area contributed by atoms with Crippen molar-refractivity contribution in [2.75, 3.05) is 12.4 Å². The molecule has 2 aromatic carbocycles. The maximum absolute atomic E-state index is 11.0. The third-order valence-corrected chi connectivity index (χ3v) is 3.60. The normalized spacial score (nSPS) is 10.5. The van der Waals surface area contributed by atoms with E-state index < -0.39 is 5.97 Å². The first kappa shape index (κ1) is 17.9. The zero-order valence-corrected chi connectivity index (χ0v) is 14.6. The molecule has 0 bridgehead atoms. The van der Waals surface area contributed by atoms with Gasteiger partial charge < -0.3 is 19.9 Å². The lowest BCUT2D eigenvalue weighted by Crippen LogP contribution is -2.07. The minimum Gasteiger partial charge on any atom is -0.493 e. The Morgan fingerprint density at radius 1 is 1.21 bits per heavy atom. The number of benzene rings is 2. The van der Waals surface area contributed by atoms with Gasteiger partial charge in [-0.3, -0.25) is 0 Å². The first-order chi connectivity index (χ1) is 11.4. The van der Waals surface area contributed by atoms with Gasteiger partial charge in [-0.25, -0.2) is 4.79 Å². The highest BCUT2D eigenvalue weighted by Gasteiger charge is 2.10. The molecule has 0 fully saturated rings. The number of carboxylic acid groups (broad SMARTS) is 1. The van der Waals surface area contributed by atoms with E-state index in [2.05, 4.69) is 5.32 Å². The molecule has 128 valence electrons. The van der Waals surface area contributed by atoms with Gasteiger partial charge in [0, 0.05) is 12.2 Å². The molecule has 0 radical (unpaired) electrons. The lowest BCUT2D eigenvalue weighted by atomic mass is 10.1. The number of carbonyl (C=O) groups is 1. The summed E-state index contributed by atoms with van der Waals surface area (Å²) in [7, 11) is 1.60. The third kappa shape index (κ3) is 4.55. The molecule has 0 aliphatic rings. The van der Waals surface area contributed by atoms with E-state index >= 15 is 0 Å². The van der Waals surface area contributed by atoms with Gasteiger partial charge in [-0.1, -0.05) is 17.7 Å². The van der Waals surface area contributed by atoms with Crippen LogP contribution in [0.4, 0.5) is 5.69 Å². The van der Waals surface area contributed by atoms with E-state index in [-0.39, 0.29) is 16.7 Å². The Morgan fingerprint density at radius 3 is 2.54 bits per heavy atom. The standard InChI is InChI=1S/C18H20ClNO4/c1-11(2)24-16-7-4-12(8-17(16)23-3)10-20-13-5-6-14(18(21)22)15(19)9-13/h4-9,11,20H,10H2,1-3H3,(H,21,22). The van der Waals surface area contributed by atoms with E-state index in [1.54, 1.807) is 19.2 Å². The van der Waals surface area contributed by atoms with Crippen LogP contribution < -0.4 is 14.8 Å². The molecule has 24 heavy (non-hydrogen) atoms. The molecule has 0 saturated carbocycles. The monoisotopic (exact) mass is 349 g/mol. The van der Waals surface area contributed by atoms with Crippen molar-refractivity contribution in [3.05, 3.63) is 52.5 Å². The SMILES string of the molecule is COc1cc(CNc2ccc(C(=O)O)c(Cl)c2)ccc1OC(C)C. The van der Waals surface area contributed by atoms with Gasteiger partial charge in [0.25, 0.3) is 0 Å². The summed E-state index contributed by atoms with van der Waals surface area (Å²) < 4.78 is 11.0. The summed E-state index contributed by atoms with van der Waals surface area (Å²) in [5.41, 5.74) is 1.83. The number of methoxy groups -OCH3 is 1. The van der Waals surface area contributed by atoms with Crippen LogP contribution in [0.5, 0.6) is 11.5 Å². The van der Waals surface area contributed by atoms with Crippen LogP contribution in [0.3, 0.4) is 0 Å². The molecule has 0 amide bonds. The fraction of sp³-hybridized carbons (Fsp3) is 0.278. The molecule has 5 nitrogen and oxygen atoms in total. The van der Waals surface area contributed by atoms with Crippen LogP contribution in [0.25, 0.3) is 0 Å². The number of anilines is 1. The Hall–Kier alpha value is -2.40. The minimum atomic E-state index is -1.04. The van der Waals surface area contributed by atoms with Crippen LogP contribution in [0.1, 0.15) is 29.8 Å². The number of rotatable bonds is 7. The van der Waals surface area contributed by atoms with Gasteiger partial charge in [-0.05, 0) is 49.7 Å². The van der Waals surface area contributed by atoms with Crippen molar-refractivity contribution in [2.45, 2.75) is 26.5 Å². The maximum Gasteiger partial charge on any atom is 0.337 e. The molecule has 0 unspecified atom stereocenters. The highest BCUT2D eigenvalue weighted by molar-refractivity contribution is 6.33. The van der Waals surface area contributed by atoms with Crippen molar-refractivity contribution >= 4 is 23.3 Å². The number of hydrogen-bond donors (Lipinski definition) is 2. The Labute approximate surface area is 146 Å². The summed E-state index contributed by atoms with van der Waals surface area (Å²) in [6.07, 6.45) is 0.0674. The van der Waals surface area contributed by atoms with Gasteiger partial charge >= 0.3 is 5.97 Å². The van der Waals surface area contributed by atoms with Gasteiger partial charge in [-0.15, -0.1) is 0 Å². The van der Waals surface area contributed by atoms with E-state index in [0.29, 0.717) is 18.0 Å². The lowest BCUT2D eigenvalue weighted by molar-refractivity contribution is 0.0697. The average Bonchev–Trinajstić information content (AvgIpc) is 2.53. The molecule has 2 aromatic rings. The molecule has 0 heterocycles. The molecule has 0 atom stereocenters. The van der Waals surface area contributed by atoms with E-state index in [4.69, 9.17) is 26.2 Å². The Bertz CT molecular complexity index is 731. The summed E-state index contributed by atoms with van der Waals surface area (Å²) in [4.78, 5) is 11.0. The molecule has 0 aliphatic heterocycles. The van der Waals surface area contributed by atoms with Crippen molar-refractivity contribution in [1.82, 2.24) is 0 Å². The molecule has 6 heteroatoms. The van der Waals surface area contributed by atoms with Gasteiger partial charge in [0.05, 0.1) is 23.8 Å². The minimum absolute atomic E-state index is 0.0674. The van der Waals surface area contributed by atoms with E-state index in [1.807, 2.05) is 32.0 Å². The first-order valence-electron chi connectivity index (χ1n) is 7.51. The fourth-order valence-corrected chi connectivity index (χ4v) is 2.44. The van der Waals surface area contributed by atoms with Crippen molar-refractivity contribution in [3.63, 3.8) is 0 Å². The van der Waals surface area contributed by atoms with Crippen molar-refractivity contribution in [2.24, 2.45) is 0 Å². The first-order valence-corrected chi connectivity index (χ1v) is 7.88. The van der Waals surface area contributed by atoms with Crippen LogP contribution in [0, 0.1) is 0 Å². The summed E-state index contributed by atoms with van der Waals surface area (Å²) in [6.45, 7) is 4.46. The number of aromatic carboxylic acids is 1. The average molecular weight is 350 g/mol. The Balaban J connectivity index is 2.09. The molecule has 0 spiro atoms.